The van der Waals surface area contributed by atoms with Crippen LogP contribution in [0, 0.1) is 0 Å². The van der Waals surface area contributed by atoms with Crippen LogP contribution in [0.3, 0.4) is 0 Å². The molecule has 1 rings (SSSR count). The van der Waals surface area contributed by atoms with Crippen molar-refractivity contribution in [2.75, 3.05) is 26.9 Å². The van der Waals surface area contributed by atoms with Crippen molar-refractivity contribution in [3.8, 4) is 0 Å². The molecule has 0 atom stereocenters. The molecular formula is C11H23N3O3. The average molecular weight is 245 g/mol. The minimum Gasteiger partial charge on any atom is -0.268 e. The van der Waals surface area contributed by atoms with Crippen molar-refractivity contribution >= 4 is 6.03 Å². The van der Waals surface area contributed by atoms with Gasteiger partial charge >= 0.3 is 6.03 Å². The summed E-state index contributed by atoms with van der Waals surface area (Å²) in [7, 11) is 1.80. The maximum atomic E-state index is 11.9. The molecule has 6 heteroatoms. The first-order valence-corrected chi connectivity index (χ1v) is 6.29. The number of amides is 2. The molecule has 1 aliphatic rings. The van der Waals surface area contributed by atoms with Gasteiger partial charge in [-0.2, -0.15) is 10.1 Å². The third kappa shape index (κ3) is 4.14. The number of hydrogen-bond donors (Lipinski definition) is 0. The van der Waals surface area contributed by atoms with E-state index in [2.05, 4.69) is 13.8 Å². The van der Waals surface area contributed by atoms with Gasteiger partial charge in [-0.25, -0.2) is 4.79 Å². The number of unbranched alkanes of at least 4 members (excludes halogenated alkanes) is 2. The standard InChI is InChI=1S/C11H23N3O3/c1-4-6-8-16-13-10-12(3)14(11(13)15)17-9-7-5-2/h4-10H2,1-3H3. The average Bonchev–Trinajstić information content (AvgIpc) is 2.57. The van der Waals surface area contributed by atoms with E-state index in [9.17, 15) is 4.79 Å². The molecule has 1 saturated heterocycles. The molecule has 0 radical (unpaired) electrons. The van der Waals surface area contributed by atoms with Crippen LogP contribution < -0.4 is 0 Å². The summed E-state index contributed by atoms with van der Waals surface area (Å²) < 4.78 is 0. The van der Waals surface area contributed by atoms with Crippen molar-refractivity contribution in [3.63, 3.8) is 0 Å². The molecule has 0 N–H and O–H groups in total. The minimum absolute atomic E-state index is 0.250. The van der Waals surface area contributed by atoms with E-state index in [1.807, 2.05) is 0 Å². The van der Waals surface area contributed by atoms with Gasteiger partial charge in [0.1, 0.15) is 6.67 Å². The summed E-state index contributed by atoms with van der Waals surface area (Å²) in [5.74, 6) is 0. The third-order valence-electron chi connectivity index (χ3n) is 2.48. The van der Waals surface area contributed by atoms with Crippen LogP contribution in [-0.2, 0) is 9.68 Å². The number of carbonyl (C=O) groups excluding carboxylic acids is 1. The molecule has 2 amide bonds. The molecule has 6 nitrogen and oxygen atoms in total. The quantitative estimate of drug-likeness (QED) is 0.613. The van der Waals surface area contributed by atoms with Gasteiger partial charge < -0.3 is 0 Å². The van der Waals surface area contributed by atoms with Crippen molar-refractivity contribution in [2.24, 2.45) is 0 Å². The third-order valence-corrected chi connectivity index (χ3v) is 2.48. The van der Waals surface area contributed by atoms with E-state index in [4.69, 9.17) is 9.68 Å². The van der Waals surface area contributed by atoms with E-state index in [1.165, 1.54) is 10.2 Å². The van der Waals surface area contributed by atoms with E-state index in [-0.39, 0.29) is 6.03 Å². The lowest BCUT2D eigenvalue weighted by atomic mass is 10.4. The number of hydroxylamine groups is 3. The smallest absolute Gasteiger partial charge is 0.268 e. The number of urea groups is 1. The minimum atomic E-state index is -0.250. The Morgan fingerprint density at radius 2 is 1.71 bits per heavy atom. The normalized spacial score (nSPS) is 17.2. The summed E-state index contributed by atoms with van der Waals surface area (Å²) in [6, 6.07) is -0.250. The zero-order valence-corrected chi connectivity index (χ0v) is 11.0. The maximum absolute atomic E-state index is 11.9. The van der Waals surface area contributed by atoms with Crippen LogP contribution in [0.2, 0.25) is 0 Å². The van der Waals surface area contributed by atoms with Gasteiger partial charge in [0, 0.05) is 7.05 Å². The van der Waals surface area contributed by atoms with E-state index in [1.54, 1.807) is 12.1 Å². The monoisotopic (exact) mass is 245 g/mol. The van der Waals surface area contributed by atoms with E-state index >= 15 is 0 Å². The van der Waals surface area contributed by atoms with Crippen LogP contribution in [0.15, 0.2) is 0 Å². The summed E-state index contributed by atoms with van der Waals surface area (Å²) in [5.41, 5.74) is 0. The van der Waals surface area contributed by atoms with Gasteiger partial charge in [-0.05, 0) is 12.8 Å². The fourth-order valence-corrected chi connectivity index (χ4v) is 1.41. The van der Waals surface area contributed by atoms with Crippen LogP contribution in [0.1, 0.15) is 39.5 Å². The first-order valence-electron chi connectivity index (χ1n) is 6.29. The van der Waals surface area contributed by atoms with E-state index in [0.717, 1.165) is 25.7 Å². The van der Waals surface area contributed by atoms with Crippen LogP contribution in [0.4, 0.5) is 4.79 Å². The molecule has 100 valence electrons. The van der Waals surface area contributed by atoms with Crippen molar-refractivity contribution in [3.05, 3.63) is 0 Å². The SMILES string of the molecule is CCCCON1CN(C)N(OCCCC)C1=O. The number of rotatable bonds is 8. The summed E-state index contributed by atoms with van der Waals surface area (Å²) in [5, 5.41) is 4.30. The zero-order chi connectivity index (χ0) is 12.7. The Hall–Kier alpha value is -0.850. The predicted molar refractivity (Wildman–Crippen MR) is 63.4 cm³/mol. The Balaban J connectivity index is 2.33. The molecule has 0 aromatic heterocycles. The van der Waals surface area contributed by atoms with Gasteiger partial charge in [0.25, 0.3) is 0 Å². The second kappa shape index (κ2) is 7.47. The lowest BCUT2D eigenvalue weighted by Gasteiger charge is -2.19. The topological polar surface area (TPSA) is 45.2 Å². The Bertz CT molecular complexity index is 238. The zero-order valence-electron chi connectivity index (χ0n) is 11.0. The molecule has 0 spiro atoms. The van der Waals surface area contributed by atoms with Crippen molar-refractivity contribution in [2.45, 2.75) is 39.5 Å². The highest BCUT2D eigenvalue weighted by Crippen LogP contribution is 2.14. The van der Waals surface area contributed by atoms with Crippen molar-refractivity contribution < 1.29 is 14.5 Å². The van der Waals surface area contributed by atoms with Crippen molar-refractivity contribution in [1.82, 2.24) is 15.2 Å². The fourth-order valence-electron chi connectivity index (χ4n) is 1.41. The van der Waals surface area contributed by atoms with Crippen LogP contribution >= 0.6 is 0 Å². The lowest BCUT2D eigenvalue weighted by Crippen LogP contribution is -2.36. The summed E-state index contributed by atoms with van der Waals surface area (Å²) in [6.07, 6.45) is 3.98. The first kappa shape index (κ1) is 14.2. The molecule has 1 aliphatic heterocycles. The molecule has 0 saturated carbocycles. The molecule has 0 bridgehead atoms. The van der Waals surface area contributed by atoms with Gasteiger partial charge in [0.2, 0.25) is 0 Å². The predicted octanol–water partition coefficient (Wildman–Crippen LogP) is 1.99. The molecule has 0 aromatic rings. The van der Waals surface area contributed by atoms with E-state index in [0.29, 0.717) is 19.9 Å². The Morgan fingerprint density at radius 1 is 1.12 bits per heavy atom. The molecule has 0 aromatic carbocycles. The van der Waals surface area contributed by atoms with Crippen LogP contribution in [0.5, 0.6) is 0 Å². The van der Waals surface area contributed by atoms with Crippen molar-refractivity contribution in [1.29, 1.82) is 0 Å². The molecule has 1 fully saturated rings. The number of nitrogens with zero attached hydrogens (tertiary/aromatic N) is 3. The fraction of sp³-hybridized carbons (Fsp3) is 0.909. The van der Waals surface area contributed by atoms with Gasteiger partial charge in [-0.3, -0.25) is 9.68 Å². The highest BCUT2D eigenvalue weighted by Gasteiger charge is 2.35. The van der Waals surface area contributed by atoms with Gasteiger partial charge in [-0.15, -0.1) is 5.17 Å². The second-order valence-electron chi connectivity index (χ2n) is 4.11. The lowest BCUT2D eigenvalue weighted by molar-refractivity contribution is -0.215. The van der Waals surface area contributed by atoms with Gasteiger partial charge in [0.15, 0.2) is 0 Å². The molecule has 0 unspecified atom stereocenters. The Morgan fingerprint density at radius 3 is 2.29 bits per heavy atom. The molecule has 0 aliphatic carbocycles. The largest absolute Gasteiger partial charge is 0.384 e. The summed E-state index contributed by atoms with van der Waals surface area (Å²) in [4.78, 5) is 22.6. The summed E-state index contributed by atoms with van der Waals surface area (Å²) >= 11 is 0. The highest BCUT2D eigenvalue weighted by atomic mass is 16.8. The molecule has 1 heterocycles. The van der Waals surface area contributed by atoms with E-state index < -0.39 is 0 Å². The Kier molecular flexibility index (Phi) is 6.25. The molecular weight excluding hydrogens is 222 g/mol. The first-order chi connectivity index (χ1) is 8.20. The second-order valence-corrected chi connectivity index (χ2v) is 4.11. The van der Waals surface area contributed by atoms with Crippen LogP contribution in [0.25, 0.3) is 0 Å². The maximum Gasteiger partial charge on any atom is 0.384 e. The van der Waals surface area contributed by atoms with Gasteiger partial charge in [-0.1, -0.05) is 26.7 Å². The van der Waals surface area contributed by atoms with Crippen LogP contribution in [-0.4, -0.2) is 48.2 Å². The number of hydrazine groups is 1. The molecule has 17 heavy (non-hydrogen) atoms. The van der Waals surface area contributed by atoms with Gasteiger partial charge in [0.05, 0.1) is 13.2 Å². The highest BCUT2D eigenvalue weighted by molar-refractivity contribution is 5.73. The Labute approximate surface area is 103 Å². The number of carbonyl (C=O) groups is 1. The number of hydrogen-bond acceptors (Lipinski definition) is 4. The summed E-state index contributed by atoms with van der Waals surface area (Å²) in [6.45, 7) is 5.70.